The van der Waals surface area contributed by atoms with Gasteiger partial charge >= 0.3 is 0 Å². The summed E-state index contributed by atoms with van der Waals surface area (Å²) < 4.78 is 17.4. The van der Waals surface area contributed by atoms with Gasteiger partial charge in [0.2, 0.25) is 5.75 Å². The van der Waals surface area contributed by atoms with Crippen molar-refractivity contribution >= 4 is 22.5 Å². The van der Waals surface area contributed by atoms with E-state index in [1.165, 1.54) is 32.2 Å². The van der Waals surface area contributed by atoms with E-state index in [0.29, 0.717) is 34.6 Å². The Labute approximate surface area is 161 Å². The van der Waals surface area contributed by atoms with Crippen LogP contribution in [0.15, 0.2) is 41.5 Å². The fourth-order valence-electron chi connectivity index (χ4n) is 2.94. The third-order valence-electron chi connectivity index (χ3n) is 4.37. The number of hydrogen-bond acceptors (Lipinski definition) is 6. The number of methoxy groups -OCH3 is 3. The fourth-order valence-corrected chi connectivity index (χ4v) is 2.94. The lowest BCUT2D eigenvalue weighted by molar-refractivity contribution is 0.102. The van der Waals surface area contributed by atoms with E-state index < -0.39 is 0 Å². The van der Waals surface area contributed by atoms with Gasteiger partial charge in [0.25, 0.3) is 11.5 Å². The number of carbonyl (C=O) groups is 1. The number of rotatable bonds is 6. The Balaban J connectivity index is 1.96. The lowest BCUT2D eigenvalue weighted by Gasteiger charge is -2.15. The van der Waals surface area contributed by atoms with Crippen LogP contribution in [0.2, 0.25) is 0 Å². The van der Waals surface area contributed by atoms with Gasteiger partial charge in [0.1, 0.15) is 0 Å². The summed E-state index contributed by atoms with van der Waals surface area (Å²) in [6.07, 6.45) is 1.49. The summed E-state index contributed by atoms with van der Waals surface area (Å²) >= 11 is 0. The summed E-state index contributed by atoms with van der Waals surface area (Å²) in [6.45, 7) is 2.42. The van der Waals surface area contributed by atoms with Crippen molar-refractivity contribution in [2.45, 2.75) is 13.5 Å². The Kier molecular flexibility index (Phi) is 5.49. The predicted molar refractivity (Wildman–Crippen MR) is 106 cm³/mol. The lowest BCUT2D eigenvalue weighted by Crippen LogP contribution is -2.19. The van der Waals surface area contributed by atoms with E-state index in [4.69, 9.17) is 14.2 Å². The second-order valence-corrected chi connectivity index (χ2v) is 5.90. The van der Waals surface area contributed by atoms with Crippen molar-refractivity contribution in [3.05, 3.63) is 52.6 Å². The molecule has 1 amide bonds. The molecule has 0 aliphatic rings. The van der Waals surface area contributed by atoms with Gasteiger partial charge in [0, 0.05) is 12.2 Å². The summed E-state index contributed by atoms with van der Waals surface area (Å²) in [5, 5.41) is 3.29. The number of benzene rings is 2. The first-order valence-corrected chi connectivity index (χ1v) is 8.63. The maximum absolute atomic E-state index is 12.8. The quantitative estimate of drug-likeness (QED) is 0.704. The van der Waals surface area contributed by atoms with Gasteiger partial charge in [-0.25, -0.2) is 4.98 Å². The highest BCUT2D eigenvalue weighted by atomic mass is 16.5. The molecule has 0 saturated carbocycles. The first kappa shape index (κ1) is 19.2. The minimum Gasteiger partial charge on any atom is -0.493 e. The summed E-state index contributed by atoms with van der Waals surface area (Å²) in [5.74, 6) is 0.666. The fraction of sp³-hybridized carbons (Fsp3) is 0.250. The molecule has 0 saturated heterocycles. The molecule has 3 aromatic rings. The monoisotopic (exact) mass is 383 g/mol. The number of carbonyl (C=O) groups excluding carboxylic acids is 1. The van der Waals surface area contributed by atoms with Crippen molar-refractivity contribution in [2.75, 3.05) is 26.6 Å². The van der Waals surface area contributed by atoms with Crippen LogP contribution in [0.25, 0.3) is 10.9 Å². The summed E-state index contributed by atoms with van der Waals surface area (Å²) in [6, 6.07) is 8.19. The van der Waals surface area contributed by atoms with Crippen molar-refractivity contribution in [2.24, 2.45) is 0 Å². The molecule has 8 heteroatoms. The molecule has 0 bridgehead atoms. The van der Waals surface area contributed by atoms with Crippen LogP contribution in [0.5, 0.6) is 17.2 Å². The molecule has 2 aromatic carbocycles. The second kappa shape index (κ2) is 7.99. The maximum Gasteiger partial charge on any atom is 0.261 e. The Hall–Kier alpha value is -3.55. The van der Waals surface area contributed by atoms with Crippen LogP contribution in [0.4, 0.5) is 5.69 Å². The van der Waals surface area contributed by atoms with Crippen LogP contribution in [0.1, 0.15) is 17.3 Å². The van der Waals surface area contributed by atoms with E-state index >= 15 is 0 Å². The topological polar surface area (TPSA) is 91.7 Å². The molecule has 1 heterocycles. The Morgan fingerprint density at radius 1 is 1.07 bits per heavy atom. The number of nitrogens with one attached hydrogen (secondary N) is 1. The molecule has 1 N–H and O–H groups in total. The lowest BCUT2D eigenvalue weighted by atomic mass is 10.1. The van der Waals surface area contributed by atoms with Crippen LogP contribution in [-0.2, 0) is 6.54 Å². The second-order valence-electron chi connectivity index (χ2n) is 5.90. The third-order valence-corrected chi connectivity index (χ3v) is 4.37. The first-order valence-electron chi connectivity index (χ1n) is 8.63. The van der Waals surface area contributed by atoms with Crippen LogP contribution in [0, 0.1) is 0 Å². The smallest absolute Gasteiger partial charge is 0.261 e. The summed E-state index contributed by atoms with van der Waals surface area (Å²) in [5.41, 5.74) is 1.18. The third kappa shape index (κ3) is 3.36. The van der Waals surface area contributed by atoms with Gasteiger partial charge in [-0.3, -0.25) is 14.2 Å². The zero-order valence-corrected chi connectivity index (χ0v) is 16.1. The first-order chi connectivity index (χ1) is 13.5. The Bertz CT molecular complexity index is 1090. The summed E-state index contributed by atoms with van der Waals surface area (Å²) in [4.78, 5) is 29.4. The molecule has 28 heavy (non-hydrogen) atoms. The minimum atomic E-state index is -0.390. The maximum atomic E-state index is 12.8. The van der Waals surface area contributed by atoms with Gasteiger partial charge in [-0.1, -0.05) is 0 Å². The highest BCUT2D eigenvalue weighted by Gasteiger charge is 2.21. The van der Waals surface area contributed by atoms with Gasteiger partial charge in [0.15, 0.2) is 11.5 Å². The van der Waals surface area contributed by atoms with Crippen LogP contribution >= 0.6 is 0 Å². The van der Waals surface area contributed by atoms with Crippen molar-refractivity contribution in [1.82, 2.24) is 9.55 Å². The number of aryl methyl sites for hydroxylation is 1. The molecule has 0 fully saturated rings. The molecule has 0 spiro atoms. The number of anilines is 1. The number of aromatic nitrogens is 2. The van der Waals surface area contributed by atoms with Crippen molar-refractivity contribution in [3.63, 3.8) is 0 Å². The van der Waals surface area contributed by atoms with Gasteiger partial charge in [-0.05, 0) is 37.3 Å². The Morgan fingerprint density at radius 2 is 1.82 bits per heavy atom. The van der Waals surface area contributed by atoms with Gasteiger partial charge in [-0.2, -0.15) is 0 Å². The highest BCUT2D eigenvalue weighted by Crippen LogP contribution is 2.39. The molecule has 146 valence electrons. The highest BCUT2D eigenvalue weighted by molar-refractivity contribution is 6.07. The number of amides is 1. The SMILES string of the molecule is CCn1cnc2cc(NC(=O)c3ccc(OC)c(OC)c3OC)ccc2c1=O. The van der Waals surface area contributed by atoms with Gasteiger partial charge < -0.3 is 19.5 Å². The van der Waals surface area contributed by atoms with Crippen LogP contribution in [0.3, 0.4) is 0 Å². The number of nitrogens with zero attached hydrogens (tertiary/aromatic N) is 2. The van der Waals surface area contributed by atoms with Crippen molar-refractivity contribution in [1.29, 1.82) is 0 Å². The van der Waals surface area contributed by atoms with Crippen molar-refractivity contribution < 1.29 is 19.0 Å². The summed E-state index contributed by atoms with van der Waals surface area (Å²) in [7, 11) is 4.43. The predicted octanol–water partition coefficient (Wildman–Crippen LogP) is 2.69. The molecule has 0 aliphatic carbocycles. The van der Waals surface area contributed by atoms with Gasteiger partial charge in [-0.15, -0.1) is 0 Å². The number of hydrogen-bond donors (Lipinski definition) is 1. The van der Waals surface area contributed by atoms with E-state index in [1.807, 2.05) is 6.92 Å². The average Bonchev–Trinajstić information content (AvgIpc) is 2.72. The molecule has 0 atom stereocenters. The molecular formula is C20H21N3O5. The number of ether oxygens (including phenoxy) is 3. The normalized spacial score (nSPS) is 10.6. The van der Waals surface area contributed by atoms with E-state index in [2.05, 4.69) is 10.3 Å². The molecule has 0 unspecified atom stereocenters. The number of fused-ring (bicyclic) bond motifs is 1. The Morgan fingerprint density at radius 3 is 2.46 bits per heavy atom. The largest absolute Gasteiger partial charge is 0.493 e. The van der Waals surface area contributed by atoms with E-state index in [-0.39, 0.29) is 22.8 Å². The molecule has 0 aliphatic heterocycles. The van der Waals surface area contributed by atoms with E-state index in [0.717, 1.165) is 0 Å². The van der Waals surface area contributed by atoms with Crippen molar-refractivity contribution in [3.8, 4) is 17.2 Å². The van der Waals surface area contributed by atoms with Crippen LogP contribution < -0.4 is 25.1 Å². The average molecular weight is 383 g/mol. The minimum absolute atomic E-state index is 0.119. The van der Waals surface area contributed by atoms with Crippen LogP contribution in [-0.4, -0.2) is 36.8 Å². The molecule has 1 aromatic heterocycles. The van der Waals surface area contributed by atoms with Gasteiger partial charge in [0.05, 0.1) is 44.1 Å². The molecule has 3 rings (SSSR count). The zero-order valence-electron chi connectivity index (χ0n) is 16.1. The molecular weight excluding hydrogens is 362 g/mol. The van der Waals surface area contributed by atoms with E-state index in [9.17, 15) is 9.59 Å². The molecule has 8 nitrogen and oxygen atoms in total. The van der Waals surface area contributed by atoms with E-state index in [1.54, 1.807) is 30.3 Å². The standard InChI is InChI=1S/C20H21N3O5/c1-5-23-11-21-15-10-12(6-7-13(15)20(23)25)22-19(24)14-8-9-16(26-2)18(28-4)17(14)27-3/h6-11H,5H2,1-4H3,(H,22,24). The zero-order chi connectivity index (χ0) is 20.3. The molecule has 0 radical (unpaired) electrons.